The van der Waals surface area contributed by atoms with Crippen molar-refractivity contribution in [3.8, 4) is 0 Å². The Balaban J connectivity index is 3.45. The number of hydrogen-bond donors (Lipinski definition) is 3. The van der Waals surface area contributed by atoms with E-state index in [1.54, 1.807) is 0 Å². The summed E-state index contributed by atoms with van der Waals surface area (Å²) in [6.45, 7) is -0.633. The smallest absolute Gasteiger partial charge is 0.320 e. The van der Waals surface area contributed by atoms with Crippen molar-refractivity contribution >= 4 is 5.97 Å². The summed E-state index contributed by atoms with van der Waals surface area (Å²) in [5.74, 6) is -1.07. The van der Waals surface area contributed by atoms with Gasteiger partial charge in [-0.1, -0.05) is 0 Å². The van der Waals surface area contributed by atoms with E-state index in [-0.39, 0.29) is 6.42 Å². The fourth-order valence-corrected chi connectivity index (χ4v) is 0.594. The maximum Gasteiger partial charge on any atom is 0.320 e. The van der Waals surface area contributed by atoms with E-state index in [0.29, 0.717) is 6.42 Å². The standard InChI is InChI=1S/C6H13FN2O2/c7-3-4(8)1-2-5(9)6(10)11/h4-5H,1-3,8-9H2,(H,10,11)/t4-,5-/m1/s1. The minimum Gasteiger partial charge on any atom is -0.480 e. The van der Waals surface area contributed by atoms with E-state index in [9.17, 15) is 9.18 Å². The third-order valence-corrected chi connectivity index (χ3v) is 1.36. The number of nitrogens with two attached hydrogens (primary N) is 2. The first-order valence-electron chi connectivity index (χ1n) is 3.38. The Morgan fingerprint density at radius 1 is 1.45 bits per heavy atom. The molecule has 0 aliphatic rings. The highest BCUT2D eigenvalue weighted by molar-refractivity contribution is 5.72. The van der Waals surface area contributed by atoms with Crippen LogP contribution in [0, 0.1) is 0 Å². The van der Waals surface area contributed by atoms with Crippen LogP contribution in [0.5, 0.6) is 0 Å². The average Bonchev–Trinajstić information content (AvgIpc) is 1.99. The van der Waals surface area contributed by atoms with Crippen molar-refractivity contribution in [2.75, 3.05) is 6.67 Å². The molecule has 0 bridgehead atoms. The molecule has 0 unspecified atom stereocenters. The van der Waals surface area contributed by atoms with Gasteiger partial charge in [-0.25, -0.2) is 4.39 Å². The van der Waals surface area contributed by atoms with Crippen molar-refractivity contribution in [2.45, 2.75) is 24.9 Å². The maximum absolute atomic E-state index is 11.7. The molecule has 2 atom stereocenters. The van der Waals surface area contributed by atoms with Crippen LogP contribution < -0.4 is 11.5 Å². The number of halogens is 1. The van der Waals surface area contributed by atoms with Crippen LogP contribution in [0.2, 0.25) is 0 Å². The third kappa shape index (κ3) is 4.69. The van der Waals surface area contributed by atoms with Crippen LogP contribution >= 0.6 is 0 Å². The zero-order valence-electron chi connectivity index (χ0n) is 6.16. The number of rotatable bonds is 5. The van der Waals surface area contributed by atoms with E-state index in [1.807, 2.05) is 0 Å². The van der Waals surface area contributed by atoms with Gasteiger partial charge in [-0.3, -0.25) is 4.79 Å². The predicted molar refractivity (Wildman–Crippen MR) is 38.8 cm³/mol. The van der Waals surface area contributed by atoms with Crippen molar-refractivity contribution in [1.82, 2.24) is 0 Å². The highest BCUT2D eigenvalue weighted by atomic mass is 19.1. The normalized spacial score (nSPS) is 15.9. The van der Waals surface area contributed by atoms with Gasteiger partial charge in [-0.15, -0.1) is 0 Å². The van der Waals surface area contributed by atoms with Crippen molar-refractivity contribution in [3.05, 3.63) is 0 Å². The van der Waals surface area contributed by atoms with E-state index in [1.165, 1.54) is 0 Å². The highest BCUT2D eigenvalue weighted by Gasteiger charge is 2.12. The number of carboxylic acid groups (broad SMARTS) is 1. The van der Waals surface area contributed by atoms with Crippen LogP contribution in [0.25, 0.3) is 0 Å². The molecule has 0 saturated carbocycles. The van der Waals surface area contributed by atoms with Crippen molar-refractivity contribution in [3.63, 3.8) is 0 Å². The Labute approximate surface area is 64.4 Å². The van der Waals surface area contributed by atoms with Crippen LogP contribution in [0.4, 0.5) is 4.39 Å². The molecule has 0 aliphatic carbocycles. The van der Waals surface area contributed by atoms with Crippen molar-refractivity contribution in [1.29, 1.82) is 0 Å². The molecule has 5 N–H and O–H groups in total. The molecule has 0 fully saturated rings. The molecule has 66 valence electrons. The van der Waals surface area contributed by atoms with Gasteiger partial charge in [-0.2, -0.15) is 0 Å². The van der Waals surface area contributed by atoms with Gasteiger partial charge in [0.25, 0.3) is 0 Å². The zero-order chi connectivity index (χ0) is 8.85. The Hall–Kier alpha value is -0.680. The first-order chi connectivity index (χ1) is 5.07. The van der Waals surface area contributed by atoms with Crippen LogP contribution in [0.15, 0.2) is 0 Å². The molecule has 0 amide bonds. The highest BCUT2D eigenvalue weighted by Crippen LogP contribution is 1.98. The van der Waals surface area contributed by atoms with E-state index in [4.69, 9.17) is 16.6 Å². The summed E-state index contributed by atoms with van der Waals surface area (Å²) in [5.41, 5.74) is 10.3. The quantitative estimate of drug-likeness (QED) is 0.509. The van der Waals surface area contributed by atoms with Crippen LogP contribution in [0.3, 0.4) is 0 Å². The number of alkyl halides is 1. The molecule has 0 saturated heterocycles. The van der Waals surface area contributed by atoms with E-state index >= 15 is 0 Å². The van der Waals surface area contributed by atoms with Gasteiger partial charge in [0.1, 0.15) is 12.7 Å². The molecule has 0 aromatic heterocycles. The van der Waals surface area contributed by atoms with Gasteiger partial charge in [0.05, 0.1) is 0 Å². The molecule has 0 aromatic rings. The minimum atomic E-state index is -1.07. The molecule has 0 aromatic carbocycles. The number of hydrogen-bond acceptors (Lipinski definition) is 3. The van der Waals surface area contributed by atoms with Gasteiger partial charge in [0.15, 0.2) is 0 Å². The van der Waals surface area contributed by atoms with Crippen LogP contribution in [0.1, 0.15) is 12.8 Å². The Morgan fingerprint density at radius 2 is 2.00 bits per heavy atom. The Morgan fingerprint density at radius 3 is 2.36 bits per heavy atom. The predicted octanol–water partition coefficient (Wildman–Crippen LogP) is -0.525. The molecule has 0 rings (SSSR count). The summed E-state index contributed by atoms with van der Waals surface area (Å²) in [4.78, 5) is 10.1. The fourth-order valence-electron chi connectivity index (χ4n) is 0.594. The molecule has 0 heterocycles. The zero-order valence-corrected chi connectivity index (χ0v) is 6.16. The SMILES string of the molecule is N[C@@H](CF)CC[C@@H](N)C(=O)O. The van der Waals surface area contributed by atoms with Gasteiger partial charge in [0, 0.05) is 6.04 Å². The van der Waals surface area contributed by atoms with Crippen molar-refractivity contribution < 1.29 is 14.3 Å². The molecule has 0 radical (unpaired) electrons. The monoisotopic (exact) mass is 164 g/mol. The molecule has 4 nitrogen and oxygen atoms in total. The van der Waals surface area contributed by atoms with E-state index in [2.05, 4.69) is 0 Å². The van der Waals surface area contributed by atoms with Gasteiger partial charge in [-0.05, 0) is 12.8 Å². The van der Waals surface area contributed by atoms with E-state index < -0.39 is 24.7 Å². The second-order valence-electron chi connectivity index (χ2n) is 2.44. The lowest BCUT2D eigenvalue weighted by Gasteiger charge is -2.08. The number of aliphatic carboxylic acids is 1. The summed E-state index contributed by atoms with van der Waals surface area (Å²) in [6.07, 6.45) is 0.532. The third-order valence-electron chi connectivity index (χ3n) is 1.36. The first-order valence-corrected chi connectivity index (χ1v) is 3.38. The summed E-state index contributed by atoms with van der Waals surface area (Å²) in [7, 11) is 0. The topological polar surface area (TPSA) is 89.3 Å². The Bertz CT molecular complexity index is 132. The number of carboxylic acids is 1. The minimum absolute atomic E-state index is 0.223. The second kappa shape index (κ2) is 5.03. The van der Waals surface area contributed by atoms with Crippen molar-refractivity contribution in [2.24, 2.45) is 11.5 Å². The van der Waals surface area contributed by atoms with Gasteiger partial charge >= 0.3 is 5.97 Å². The maximum atomic E-state index is 11.7. The lowest BCUT2D eigenvalue weighted by Crippen LogP contribution is -2.33. The lowest BCUT2D eigenvalue weighted by molar-refractivity contribution is -0.138. The van der Waals surface area contributed by atoms with Gasteiger partial charge in [0.2, 0.25) is 0 Å². The molecule has 5 heteroatoms. The fraction of sp³-hybridized carbons (Fsp3) is 0.833. The largest absolute Gasteiger partial charge is 0.480 e. The Kier molecular flexibility index (Phi) is 4.72. The van der Waals surface area contributed by atoms with Gasteiger partial charge < -0.3 is 16.6 Å². The molecular formula is C6H13FN2O2. The summed E-state index contributed by atoms with van der Waals surface area (Å²) in [5, 5.41) is 8.31. The van der Waals surface area contributed by atoms with Crippen LogP contribution in [-0.2, 0) is 4.79 Å². The van der Waals surface area contributed by atoms with Crippen LogP contribution in [-0.4, -0.2) is 29.8 Å². The molecular weight excluding hydrogens is 151 g/mol. The molecule has 0 aliphatic heterocycles. The number of carbonyl (C=O) groups is 1. The average molecular weight is 164 g/mol. The van der Waals surface area contributed by atoms with E-state index in [0.717, 1.165) is 0 Å². The summed E-state index contributed by atoms with van der Waals surface area (Å²) < 4.78 is 11.7. The first kappa shape index (κ1) is 10.3. The molecule has 0 spiro atoms. The second-order valence-corrected chi connectivity index (χ2v) is 2.44. The molecule has 11 heavy (non-hydrogen) atoms. The summed E-state index contributed by atoms with van der Waals surface area (Å²) >= 11 is 0. The summed E-state index contributed by atoms with van der Waals surface area (Å²) in [6, 6.07) is -1.51. The lowest BCUT2D eigenvalue weighted by atomic mass is 10.1.